The number of carboxylic acid groups (broad SMARTS) is 1. The second-order valence-electron chi connectivity index (χ2n) is 4.18. The predicted molar refractivity (Wildman–Crippen MR) is 66.8 cm³/mol. The van der Waals surface area contributed by atoms with E-state index in [1.165, 1.54) is 0 Å². The molecular weight excluding hydrogens is 234 g/mol. The molecule has 1 aromatic carbocycles. The van der Waals surface area contributed by atoms with Crippen molar-refractivity contribution in [3.05, 3.63) is 29.8 Å². The number of aliphatic carboxylic acids is 1. The average Bonchev–Trinajstić information content (AvgIpc) is 2.29. The lowest BCUT2D eigenvalue weighted by molar-refractivity contribution is -0.136. The molecule has 0 fully saturated rings. The Labute approximate surface area is 106 Å². The maximum Gasteiger partial charge on any atom is 0.412 e. The maximum atomic E-state index is 11.3. The molecule has 0 aliphatic heterocycles. The van der Waals surface area contributed by atoms with Gasteiger partial charge in [-0.05, 0) is 23.6 Å². The number of hydrogen-bond donors (Lipinski definition) is 2. The number of rotatable bonds is 5. The quantitative estimate of drug-likeness (QED) is 0.842. The van der Waals surface area contributed by atoms with Crippen LogP contribution in [0.2, 0.25) is 0 Å². The zero-order valence-corrected chi connectivity index (χ0v) is 10.5. The number of carbonyl (C=O) groups excluding carboxylic acids is 1. The summed E-state index contributed by atoms with van der Waals surface area (Å²) in [5.41, 5.74) is 1.16. The van der Waals surface area contributed by atoms with Crippen LogP contribution in [0.1, 0.15) is 31.7 Å². The van der Waals surface area contributed by atoms with Crippen LogP contribution >= 0.6 is 0 Å². The number of hydrogen-bond acceptors (Lipinski definition) is 3. The lowest BCUT2D eigenvalue weighted by Gasteiger charge is -2.08. The van der Waals surface area contributed by atoms with Crippen LogP contribution in [0.25, 0.3) is 0 Å². The third-order valence-electron chi connectivity index (χ3n) is 2.37. The molecule has 0 saturated carbocycles. The van der Waals surface area contributed by atoms with E-state index in [4.69, 9.17) is 9.84 Å². The number of ether oxygens (including phenoxy) is 1. The Morgan fingerprint density at radius 1 is 1.28 bits per heavy atom. The molecule has 0 radical (unpaired) electrons. The van der Waals surface area contributed by atoms with Gasteiger partial charge < -0.3 is 15.2 Å². The number of carboxylic acids is 1. The highest BCUT2D eigenvalue weighted by Crippen LogP contribution is 2.18. The minimum absolute atomic E-state index is 0.0538. The zero-order valence-electron chi connectivity index (χ0n) is 10.5. The molecule has 0 aromatic heterocycles. The summed E-state index contributed by atoms with van der Waals surface area (Å²) in [6, 6.07) is 7.22. The smallest absolute Gasteiger partial charge is 0.412 e. The van der Waals surface area contributed by atoms with E-state index in [9.17, 15) is 9.59 Å². The summed E-state index contributed by atoms with van der Waals surface area (Å²) in [6.07, 6.45) is -0.768. The first-order chi connectivity index (χ1) is 8.49. The third-order valence-corrected chi connectivity index (χ3v) is 2.37. The predicted octanol–water partition coefficient (Wildman–Crippen LogP) is 2.37. The Kier molecular flexibility index (Phi) is 5.17. The van der Waals surface area contributed by atoms with Gasteiger partial charge in [0.25, 0.3) is 0 Å². The fraction of sp³-hybridized carbons (Fsp3) is 0.385. The van der Waals surface area contributed by atoms with Crippen LogP contribution in [-0.4, -0.2) is 23.7 Å². The summed E-state index contributed by atoms with van der Waals surface area (Å²) in [4.78, 5) is 21.5. The van der Waals surface area contributed by atoms with Crippen molar-refractivity contribution in [3.8, 4) is 5.75 Å². The Bertz CT molecular complexity index is 412. The van der Waals surface area contributed by atoms with Crippen molar-refractivity contribution in [2.45, 2.75) is 26.2 Å². The fourth-order valence-electron chi connectivity index (χ4n) is 1.34. The van der Waals surface area contributed by atoms with E-state index in [2.05, 4.69) is 19.2 Å². The number of amides is 1. The molecule has 0 atom stereocenters. The lowest BCUT2D eigenvalue weighted by atomic mass is 10.0. The van der Waals surface area contributed by atoms with Gasteiger partial charge in [0.15, 0.2) is 0 Å². The van der Waals surface area contributed by atoms with Crippen LogP contribution in [0, 0.1) is 0 Å². The van der Waals surface area contributed by atoms with Gasteiger partial charge in [-0.3, -0.25) is 4.79 Å². The first-order valence-electron chi connectivity index (χ1n) is 5.76. The minimum Gasteiger partial charge on any atom is -0.481 e. The molecule has 0 spiro atoms. The summed E-state index contributed by atoms with van der Waals surface area (Å²) in [7, 11) is 0. The molecule has 0 heterocycles. The summed E-state index contributed by atoms with van der Waals surface area (Å²) < 4.78 is 4.99. The van der Waals surface area contributed by atoms with Crippen molar-refractivity contribution in [2.75, 3.05) is 6.54 Å². The Morgan fingerprint density at radius 2 is 1.89 bits per heavy atom. The van der Waals surface area contributed by atoms with E-state index in [1.807, 2.05) is 12.1 Å². The molecule has 5 heteroatoms. The molecule has 18 heavy (non-hydrogen) atoms. The van der Waals surface area contributed by atoms with Crippen molar-refractivity contribution in [1.29, 1.82) is 0 Å². The van der Waals surface area contributed by atoms with Crippen molar-refractivity contribution < 1.29 is 19.4 Å². The topological polar surface area (TPSA) is 75.6 Å². The molecular formula is C13H17NO4. The van der Waals surface area contributed by atoms with Crippen molar-refractivity contribution in [2.24, 2.45) is 0 Å². The van der Waals surface area contributed by atoms with E-state index < -0.39 is 12.1 Å². The van der Waals surface area contributed by atoms with E-state index in [-0.39, 0.29) is 13.0 Å². The molecule has 5 nitrogen and oxygen atoms in total. The van der Waals surface area contributed by atoms with Gasteiger partial charge >= 0.3 is 12.1 Å². The molecule has 98 valence electrons. The number of carbonyl (C=O) groups is 2. The third kappa shape index (κ3) is 4.86. The zero-order chi connectivity index (χ0) is 13.5. The van der Waals surface area contributed by atoms with Gasteiger partial charge in [0.05, 0.1) is 6.42 Å². The molecule has 1 amide bonds. The minimum atomic E-state index is -0.961. The SMILES string of the molecule is CC(C)c1ccc(OC(=O)NCCC(=O)O)cc1. The molecule has 1 aromatic rings. The standard InChI is InChI=1S/C13H17NO4/c1-9(2)10-3-5-11(6-4-10)18-13(17)14-8-7-12(15)16/h3-6,9H,7-8H2,1-2H3,(H,14,17)(H,15,16). The second kappa shape index (κ2) is 6.64. The Balaban J connectivity index is 2.42. The summed E-state index contributed by atoms with van der Waals surface area (Å²) >= 11 is 0. The van der Waals surface area contributed by atoms with Gasteiger partial charge in [0.2, 0.25) is 0 Å². The van der Waals surface area contributed by atoms with E-state index in [0.717, 1.165) is 5.56 Å². The Morgan fingerprint density at radius 3 is 2.39 bits per heavy atom. The maximum absolute atomic E-state index is 11.3. The fourth-order valence-corrected chi connectivity index (χ4v) is 1.34. The molecule has 0 saturated heterocycles. The van der Waals surface area contributed by atoms with E-state index >= 15 is 0 Å². The van der Waals surface area contributed by atoms with Gasteiger partial charge in [0.1, 0.15) is 5.75 Å². The van der Waals surface area contributed by atoms with Crippen LogP contribution in [0.5, 0.6) is 5.75 Å². The van der Waals surface area contributed by atoms with Gasteiger partial charge in [-0.2, -0.15) is 0 Å². The van der Waals surface area contributed by atoms with Crippen LogP contribution < -0.4 is 10.1 Å². The van der Waals surface area contributed by atoms with Crippen LogP contribution in [0.4, 0.5) is 4.79 Å². The molecule has 2 N–H and O–H groups in total. The van der Waals surface area contributed by atoms with Crippen molar-refractivity contribution in [3.63, 3.8) is 0 Å². The highest BCUT2D eigenvalue weighted by atomic mass is 16.6. The first kappa shape index (κ1) is 14.0. The highest BCUT2D eigenvalue weighted by Gasteiger charge is 2.05. The summed E-state index contributed by atoms with van der Waals surface area (Å²) in [5, 5.41) is 10.8. The number of nitrogens with one attached hydrogen (secondary N) is 1. The molecule has 0 unspecified atom stereocenters. The van der Waals surface area contributed by atoms with Crippen molar-refractivity contribution >= 4 is 12.1 Å². The van der Waals surface area contributed by atoms with Gasteiger partial charge in [-0.25, -0.2) is 4.79 Å². The lowest BCUT2D eigenvalue weighted by Crippen LogP contribution is -2.28. The molecule has 0 aliphatic rings. The molecule has 0 aliphatic carbocycles. The van der Waals surface area contributed by atoms with Crippen LogP contribution in [-0.2, 0) is 4.79 Å². The monoisotopic (exact) mass is 251 g/mol. The van der Waals surface area contributed by atoms with Crippen LogP contribution in [0.3, 0.4) is 0 Å². The average molecular weight is 251 g/mol. The van der Waals surface area contributed by atoms with Crippen LogP contribution in [0.15, 0.2) is 24.3 Å². The molecule has 0 bridgehead atoms. The largest absolute Gasteiger partial charge is 0.481 e. The van der Waals surface area contributed by atoms with E-state index in [1.54, 1.807) is 12.1 Å². The second-order valence-corrected chi connectivity index (χ2v) is 4.18. The van der Waals surface area contributed by atoms with Gasteiger partial charge in [-0.15, -0.1) is 0 Å². The number of benzene rings is 1. The van der Waals surface area contributed by atoms with E-state index in [0.29, 0.717) is 11.7 Å². The Hall–Kier alpha value is -2.04. The van der Waals surface area contributed by atoms with Gasteiger partial charge in [0, 0.05) is 6.54 Å². The van der Waals surface area contributed by atoms with Crippen molar-refractivity contribution in [1.82, 2.24) is 5.32 Å². The highest BCUT2D eigenvalue weighted by molar-refractivity contribution is 5.72. The normalized spacial score (nSPS) is 10.2. The summed E-state index contributed by atoms with van der Waals surface area (Å²) in [5.74, 6) is -0.104. The summed E-state index contributed by atoms with van der Waals surface area (Å²) in [6.45, 7) is 4.21. The first-order valence-corrected chi connectivity index (χ1v) is 5.76. The molecule has 1 rings (SSSR count). The van der Waals surface area contributed by atoms with Gasteiger partial charge in [-0.1, -0.05) is 26.0 Å².